The molecule has 0 aliphatic rings. The molecule has 148 valence electrons. The van der Waals surface area contributed by atoms with Gasteiger partial charge in [-0.3, -0.25) is 9.59 Å². The molecule has 2 amide bonds. The number of ether oxygens (including phenoxy) is 1. The number of nitrogens with zero attached hydrogens (tertiary/aromatic N) is 2. The van der Waals surface area contributed by atoms with Crippen LogP contribution in [0.5, 0.6) is 5.75 Å². The standard InChI is InChI=1S/C21H21N5O3/c1-14(27)24-16-5-7-17(8-6-16)25-20(28)19-11-12-22-21(26-19)23-13-15-3-9-18(29-2)10-4-15/h3-12H,13H2,1-2H3,(H,24,27)(H,25,28)(H,22,23,26). The zero-order valence-electron chi connectivity index (χ0n) is 16.1. The van der Waals surface area contributed by atoms with Crippen molar-refractivity contribution in [3.8, 4) is 5.75 Å². The number of benzene rings is 2. The van der Waals surface area contributed by atoms with Crippen molar-refractivity contribution in [3.05, 3.63) is 72.1 Å². The minimum absolute atomic E-state index is 0.155. The van der Waals surface area contributed by atoms with E-state index in [1.807, 2.05) is 24.3 Å². The van der Waals surface area contributed by atoms with Gasteiger partial charge in [0.25, 0.3) is 5.91 Å². The minimum Gasteiger partial charge on any atom is -0.497 e. The van der Waals surface area contributed by atoms with Crippen molar-refractivity contribution >= 4 is 29.1 Å². The summed E-state index contributed by atoms with van der Waals surface area (Å²) in [5, 5.41) is 8.54. The van der Waals surface area contributed by atoms with Gasteiger partial charge in [-0.15, -0.1) is 0 Å². The molecule has 0 fully saturated rings. The van der Waals surface area contributed by atoms with Gasteiger partial charge in [-0.25, -0.2) is 9.97 Å². The lowest BCUT2D eigenvalue weighted by Crippen LogP contribution is -2.15. The fraction of sp³-hybridized carbons (Fsp3) is 0.143. The maximum atomic E-state index is 12.5. The largest absolute Gasteiger partial charge is 0.497 e. The van der Waals surface area contributed by atoms with Crippen LogP contribution in [0.2, 0.25) is 0 Å². The van der Waals surface area contributed by atoms with Gasteiger partial charge in [0.1, 0.15) is 11.4 Å². The van der Waals surface area contributed by atoms with E-state index in [9.17, 15) is 9.59 Å². The average molecular weight is 391 g/mol. The third kappa shape index (κ3) is 5.77. The van der Waals surface area contributed by atoms with E-state index in [4.69, 9.17) is 4.74 Å². The van der Waals surface area contributed by atoms with Crippen LogP contribution < -0.4 is 20.7 Å². The van der Waals surface area contributed by atoms with E-state index in [0.717, 1.165) is 11.3 Å². The number of methoxy groups -OCH3 is 1. The molecule has 0 unspecified atom stereocenters. The van der Waals surface area contributed by atoms with E-state index in [2.05, 4.69) is 25.9 Å². The van der Waals surface area contributed by atoms with Gasteiger partial charge in [0.15, 0.2) is 0 Å². The fourth-order valence-corrected chi connectivity index (χ4v) is 2.53. The lowest BCUT2D eigenvalue weighted by molar-refractivity contribution is -0.114. The Labute approximate surface area is 168 Å². The van der Waals surface area contributed by atoms with E-state index in [0.29, 0.717) is 23.9 Å². The summed E-state index contributed by atoms with van der Waals surface area (Å²) >= 11 is 0. The van der Waals surface area contributed by atoms with Crippen molar-refractivity contribution in [2.24, 2.45) is 0 Å². The molecule has 0 bridgehead atoms. The van der Waals surface area contributed by atoms with Crippen LogP contribution in [0.1, 0.15) is 23.0 Å². The number of carbonyl (C=O) groups is 2. The molecule has 0 saturated heterocycles. The fourth-order valence-electron chi connectivity index (χ4n) is 2.53. The maximum absolute atomic E-state index is 12.5. The normalized spacial score (nSPS) is 10.1. The summed E-state index contributed by atoms with van der Waals surface area (Å²) in [5.41, 5.74) is 2.52. The second-order valence-electron chi connectivity index (χ2n) is 6.18. The van der Waals surface area contributed by atoms with Crippen LogP contribution in [0.15, 0.2) is 60.8 Å². The van der Waals surface area contributed by atoms with Crippen LogP contribution in [0, 0.1) is 0 Å². The van der Waals surface area contributed by atoms with Gasteiger partial charge < -0.3 is 20.7 Å². The van der Waals surface area contributed by atoms with E-state index in [1.165, 1.54) is 13.1 Å². The molecule has 3 rings (SSSR count). The molecule has 0 saturated carbocycles. The first-order chi connectivity index (χ1) is 14.0. The average Bonchev–Trinajstić information content (AvgIpc) is 2.74. The summed E-state index contributed by atoms with van der Waals surface area (Å²) in [7, 11) is 1.62. The number of carbonyl (C=O) groups excluding carboxylic acids is 2. The van der Waals surface area contributed by atoms with E-state index >= 15 is 0 Å². The van der Waals surface area contributed by atoms with Gasteiger partial charge in [-0.2, -0.15) is 0 Å². The number of aromatic nitrogens is 2. The zero-order chi connectivity index (χ0) is 20.6. The second kappa shape index (κ2) is 9.32. The molecule has 1 aromatic heterocycles. The van der Waals surface area contributed by atoms with Crippen LogP contribution in [0.3, 0.4) is 0 Å². The first-order valence-electron chi connectivity index (χ1n) is 8.92. The number of amides is 2. The third-order valence-corrected chi connectivity index (χ3v) is 3.96. The molecule has 3 N–H and O–H groups in total. The first-order valence-corrected chi connectivity index (χ1v) is 8.92. The molecule has 0 radical (unpaired) electrons. The van der Waals surface area contributed by atoms with Crippen LogP contribution in [-0.2, 0) is 11.3 Å². The Bertz CT molecular complexity index is 988. The highest BCUT2D eigenvalue weighted by molar-refractivity contribution is 6.03. The van der Waals surface area contributed by atoms with Crippen LogP contribution in [-0.4, -0.2) is 28.9 Å². The SMILES string of the molecule is COc1ccc(CNc2nccc(C(=O)Nc3ccc(NC(C)=O)cc3)n2)cc1. The molecule has 2 aromatic carbocycles. The number of hydrogen-bond donors (Lipinski definition) is 3. The van der Waals surface area contributed by atoms with Crippen molar-refractivity contribution in [2.75, 3.05) is 23.1 Å². The molecule has 0 atom stereocenters. The molecule has 8 heteroatoms. The van der Waals surface area contributed by atoms with Gasteiger partial charge >= 0.3 is 0 Å². The summed E-state index contributed by atoms with van der Waals surface area (Å²) < 4.78 is 5.14. The van der Waals surface area contributed by atoms with Crippen LogP contribution in [0.25, 0.3) is 0 Å². The van der Waals surface area contributed by atoms with E-state index in [1.54, 1.807) is 37.4 Å². The van der Waals surface area contributed by atoms with Crippen molar-refractivity contribution < 1.29 is 14.3 Å². The lowest BCUT2D eigenvalue weighted by Gasteiger charge is -2.09. The Kier molecular flexibility index (Phi) is 6.36. The van der Waals surface area contributed by atoms with Crippen molar-refractivity contribution in [3.63, 3.8) is 0 Å². The summed E-state index contributed by atoms with van der Waals surface area (Å²) in [5.74, 6) is 0.632. The summed E-state index contributed by atoms with van der Waals surface area (Å²) in [6.07, 6.45) is 1.53. The smallest absolute Gasteiger partial charge is 0.274 e. The van der Waals surface area contributed by atoms with Gasteiger partial charge in [0.05, 0.1) is 7.11 Å². The molecule has 29 heavy (non-hydrogen) atoms. The van der Waals surface area contributed by atoms with Gasteiger partial charge in [-0.1, -0.05) is 12.1 Å². The predicted octanol–water partition coefficient (Wildman–Crippen LogP) is 3.31. The summed E-state index contributed by atoms with van der Waals surface area (Å²) in [4.78, 5) is 31.9. The molecule has 0 aliphatic carbocycles. The summed E-state index contributed by atoms with van der Waals surface area (Å²) in [6, 6.07) is 16.0. The van der Waals surface area contributed by atoms with E-state index in [-0.39, 0.29) is 17.5 Å². The highest BCUT2D eigenvalue weighted by atomic mass is 16.5. The molecule has 0 aliphatic heterocycles. The highest BCUT2D eigenvalue weighted by Crippen LogP contribution is 2.15. The molecular formula is C21H21N5O3. The van der Waals surface area contributed by atoms with Crippen LogP contribution >= 0.6 is 0 Å². The van der Waals surface area contributed by atoms with Gasteiger partial charge in [-0.05, 0) is 48.0 Å². The Morgan fingerprint density at radius 1 is 0.931 bits per heavy atom. The molecule has 0 spiro atoms. The van der Waals surface area contributed by atoms with Crippen molar-refractivity contribution in [1.29, 1.82) is 0 Å². The molecule has 8 nitrogen and oxygen atoms in total. The quantitative estimate of drug-likeness (QED) is 0.571. The Balaban J connectivity index is 1.60. The maximum Gasteiger partial charge on any atom is 0.274 e. The number of nitrogens with one attached hydrogen (secondary N) is 3. The predicted molar refractivity (Wildman–Crippen MR) is 111 cm³/mol. The van der Waals surface area contributed by atoms with E-state index < -0.39 is 0 Å². The number of anilines is 3. The first kappa shape index (κ1) is 19.8. The topological polar surface area (TPSA) is 105 Å². The zero-order valence-corrected chi connectivity index (χ0v) is 16.1. The lowest BCUT2D eigenvalue weighted by atomic mass is 10.2. The summed E-state index contributed by atoms with van der Waals surface area (Å²) in [6.45, 7) is 1.95. The van der Waals surface area contributed by atoms with Crippen LogP contribution in [0.4, 0.5) is 17.3 Å². The third-order valence-electron chi connectivity index (χ3n) is 3.96. The minimum atomic E-state index is -0.354. The Morgan fingerprint density at radius 2 is 1.59 bits per heavy atom. The van der Waals surface area contributed by atoms with Gasteiger partial charge in [0, 0.05) is 31.0 Å². The number of hydrogen-bond acceptors (Lipinski definition) is 6. The molecular weight excluding hydrogens is 370 g/mol. The Hall–Kier alpha value is -3.94. The highest BCUT2D eigenvalue weighted by Gasteiger charge is 2.09. The second-order valence-corrected chi connectivity index (χ2v) is 6.18. The van der Waals surface area contributed by atoms with Gasteiger partial charge in [0.2, 0.25) is 11.9 Å². The Morgan fingerprint density at radius 3 is 2.21 bits per heavy atom. The molecule has 1 heterocycles. The van der Waals surface area contributed by atoms with Crippen molar-refractivity contribution in [2.45, 2.75) is 13.5 Å². The number of rotatable bonds is 7. The molecule has 3 aromatic rings. The monoisotopic (exact) mass is 391 g/mol. The van der Waals surface area contributed by atoms with Crippen molar-refractivity contribution in [1.82, 2.24) is 9.97 Å².